The fourth-order valence-electron chi connectivity index (χ4n) is 1.30. The third-order valence-electron chi connectivity index (χ3n) is 1.89. The van der Waals surface area contributed by atoms with Crippen LogP contribution in [0, 0.1) is 5.92 Å². The molecule has 12 heavy (non-hydrogen) atoms. The van der Waals surface area contributed by atoms with Crippen LogP contribution in [-0.4, -0.2) is 11.2 Å². The molecule has 0 aliphatic rings. The van der Waals surface area contributed by atoms with E-state index in [-0.39, 0.29) is 6.10 Å². The maximum absolute atomic E-state index is 9.49. The van der Waals surface area contributed by atoms with Gasteiger partial charge in [-0.05, 0) is 38.5 Å². The van der Waals surface area contributed by atoms with Gasteiger partial charge in [0.2, 0.25) is 0 Å². The van der Waals surface area contributed by atoms with Gasteiger partial charge in [0, 0.05) is 0 Å². The highest BCUT2D eigenvalue weighted by atomic mass is 16.3. The Bertz CT molecular complexity index is 116. The van der Waals surface area contributed by atoms with Crippen LogP contribution in [-0.2, 0) is 0 Å². The highest BCUT2D eigenvalue weighted by Crippen LogP contribution is 2.10. The van der Waals surface area contributed by atoms with Gasteiger partial charge in [0.05, 0.1) is 6.10 Å². The molecule has 0 radical (unpaired) electrons. The molecule has 0 aromatic heterocycles. The standard InChI is InChI=1S/C11H22O/c1-4-5-6-7-8-11(12)9-10(2)3/h4-5,10-12H,6-9H2,1-3H3/b5-4+. The van der Waals surface area contributed by atoms with E-state index in [0.717, 1.165) is 25.7 Å². The molecule has 0 amide bonds. The molecule has 0 aromatic rings. The number of unbranched alkanes of at least 4 members (excludes halogenated alkanes) is 1. The second-order valence-electron chi connectivity index (χ2n) is 3.78. The van der Waals surface area contributed by atoms with Gasteiger partial charge in [0.25, 0.3) is 0 Å². The van der Waals surface area contributed by atoms with Gasteiger partial charge in [-0.3, -0.25) is 0 Å². The molecule has 1 unspecified atom stereocenters. The van der Waals surface area contributed by atoms with Crippen LogP contribution in [0.4, 0.5) is 0 Å². The summed E-state index contributed by atoms with van der Waals surface area (Å²) in [5.74, 6) is 0.613. The van der Waals surface area contributed by atoms with Crippen LogP contribution in [0.5, 0.6) is 0 Å². The summed E-state index contributed by atoms with van der Waals surface area (Å²) < 4.78 is 0. The zero-order chi connectivity index (χ0) is 9.40. The van der Waals surface area contributed by atoms with E-state index < -0.39 is 0 Å². The van der Waals surface area contributed by atoms with Gasteiger partial charge in [-0.15, -0.1) is 0 Å². The van der Waals surface area contributed by atoms with Crippen molar-refractivity contribution in [2.75, 3.05) is 0 Å². The zero-order valence-electron chi connectivity index (χ0n) is 8.59. The first-order valence-corrected chi connectivity index (χ1v) is 4.96. The van der Waals surface area contributed by atoms with E-state index in [2.05, 4.69) is 26.0 Å². The highest BCUT2D eigenvalue weighted by Gasteiger charge is 2.05. The summed E-state index contributed by atoms with van der Waals surface area (Å²) in [6, 6.07) is 0. The van der Waals surface area contributed by atoms with E-state index >= 15 is 0 Å². The molecule has 1 N–H and O–H groups in total. The molecule has 1 heteroatoms. The monoisotopic (exact) mass is 170 g/mol. The molecular weight excluding hydrogens is 148 g/mol. The maximum Gasteiger partial charge on any atom is 0.0542 e. The van der Waals surface area contributed by atoms with E-state index in [0.29, 0.717) is 5.92 Å². The molecule has 0 fully saturated rings. The second-order valence-corrected chi connectivity index (χ2v) is 3.78. The minimum atomic E-state index is -0.0877. The van der Waals surface area contributed by atoms with E-state index in [1.54, 1.807) is 0 Å². The Morgan fingerprint density at radius 3 is 2.50 bits per heavy atom. The van der Waals surface area contributed by atoms with Crippen LogP contribution in [0.2, 0.25) is 0 Å². The average Bonchev–Trinajstić information content (AvgIpc) is 1.97. The molecule has 0 spiro atoms. The number of aliphatic hydroxyl groups is 1. The van der Waals surface area contributed by atoms with Crippen molar-refractivity contribution < 1.29 is 5.11 Å². The Hall–Kier alpha value is -0.300. The predicted molar refractivity (Wildman–Crippen MR) is 54.1 cm³/mol. The maximum atomic E-state index is 9.49. The number of hydrogen-bond acceptors (Lipinski definition) is 1. The summed E-state index contributed by atoms with van der Waals surface area (Å²) in [7, 11) is 0. The number of hydrogen-bond donors (Lipinski definition) is 1. The van der Waals surface area contributed by atoms with Crippen molar-refractivity contribution in [1.29, 1.82) is 0 Å². The minimum Gasteiger partial charge on any atom is -0.393 e. The normalized spacial score (nSPS) is 14.4. The molecule has 0 aliphatic heterocycles. The fraction of sp³-hybridized carbons (Fsp3) is 0.818. The largest absolute Gasteiger partial charge is 0.393 e. The van der Waals surface area contributed by atoms with Crippen LogP contribution in [0.1, 0.15) is 46.5 Å². The molecule has 72 valence electrons. The van der Waals surface area contributed by atoms with E-state index in [4.69, 9.17) is 0 Å². The summed E-state index contributed by atoms with van der Waals surface area (Å²) in [5.41, 5.74) is 0. The third kappa shape index (κ3) is 7.80. The van der Waals surface area contributed by atoms with Gasteiger partial charge in [-0.1, -0.05) is 26.0 Å². The van der Waals surface area contributed by atoms with Crippen LogP contribution in [0.15, 0.2) is 12.2 Å². The molecule has 1 atom stereocenters. The van der Waals surface area contributed by atoms with Gasteiger partial charge in [0.1, 0.15) is 0 Å². The Morgan fingerprint density at radius 1 is 1.33 bits per heavy atom. The van der Waals surface area contributed by atoms with Crippen molar-refractivity contribution in [3.63, 3.8) is 0 Å². The van der Waals surface area contributed by atoms with E-state index in [1.807, 2.05) is 6.92 Å². The Labute approximate surface area is 76.5 Å². The topological polar surface area (TPSA) is 20.2 Å². The van der Waals surface area contributed by atoms with Crippen LogP contribution < -0.4 is 0 Å². The molecule has 0 bridgehead atoms. The zero-order valence-corrected chi connectivity index (χ0v) is 8.59. The SMILES string of the molecule is C/C=C/CCCC(O)CC(C)C. The van der Waals surface area contributed by atoms with E-state index in [9.17, 15) is 5.11 Å². The van der Waals surface area contributed by atoms with Gasteiger partial charge in [0.15, 0.2) is 0 Å². The average molecular weight is 170 g/mol. The fourth-order valence-corrected chi connectivity index (χ4v) is 1.30. The summed E-state index contributed by atoms with van der Waals surface area (Å²) >= 11 is 0. The van der Waals surface area contributed by atoms with Gasteiger partial charge < -0.3 is 5.11 Å². The molecule has 0 aromatic carbocycles. The first-order valence-electron chi connectivity index (χ1n) is 4.96. The number of rotatable bonds is 6. The molecule has 0 rings (SSSR count). The molecule has 0 saturated carbocycles. The summed E-state index contributed by atoms with van der Waals surface area (Å²) in [6.07, 6.45) is 8.23. The molecule has 0 aliphatic carbocycles. The van der Waals surface area contributed by atoms with Crippen molar-refractivity contribution in [3.05, 3.63) is 12.2 Å². The lowest BCUT2D eigenvalue weighted by Gasteiger charge is -2.11. The van der Waals surface area contributed by atoms with Crippen LogP contribution in [0.25, 0.3) is 0 Å². The second kappa shape index (κ2) is 7.35. The summed E-state index contributed by atoms with van der Waals surface area (Å²) in [4.78, 5) is 0. The van der Waals surface area contributed by atoms with Crippen molar-refractivity contribution >= 4 is 0 Å². The Balaban J connectivity index is 3.25. The van der Waals surface area contributed by atoms with Gasteiger partial charge >= 0.3 is 0 Å². The van der Waals surface area contributed by atoms with Crippen molar-refractivity contribution in [1.82, 2.24) is 0 Å². The predicted octanol–water partition coefficient (Wildman–Crippen LogP) is 3.14. The molecule has 1 nitrogen and oxygen atoms in total. The Morgan fingerprint density at radius 2 is 2.00 bits per heavy atom. The van der Waals surface area contributed by atoms with Crippen LogP contribution in [0.3, 0.4) is 0 Å². The highest BCUT2D eigenvalue weighted by molar-refractivity contribution is 4.76. The first-order chi connectivity index (χ1) is 5.66. The van der Waals surface area contributed by atoms with Gasteiger partial charge in [-0.25, -0.2) is 0 Å². The van der Waals surface area contributed by atoms with Crippen molar-refractivity contribution in [3.8, 4) is 0 Å². The third-order valence-corrected chi connectivity index (χ3v) is 1.89. The van der Waals surface area contributed by atoms with Gasteiger partial charge in [-0.2, -0.15) is 0 Å². The minimum absolute atomic E-state index is 0.0877. The van der Waals surface area contributed by atoms with Crippen LogP contribution >= 0.6 is 0 Å². The molecule has 0 heterocycles. The lowest BCUT2D eigenvalue weighted by molar-refractivity contribution is 0.137. The molecule has 0 saturated heterocycles. The summed E-state index contributed by atoms with van der Waals surface area (Å²) in [5, 5.41) is 9.49. The van der Waals surface area contributed by atoms with Crippen molar-refractivity contribution in [2.24, 2.45) is 5.92 Å². The summed E-state index contributed by atoms with van der Waals surface area (Å²) in [6.45, 7) is 6.33. The van der Waals surface area contributed by atoms with Crippen molar-refractivity contribution in [2.45, 2.75) is 52.6 Å². The lowest BCUT2D eigenvalue weighted by atomic mass is 10.0. The number of allylic oxidation sites excluding steroid dienone is 2. The van der Waals surface area contributed by atoms with E-state index in [1.165, 1.54) is 0 Å². The molecular formula is C11H22O. The quantitative estimate of drug-likeness (QED) is 0.479. The number of aliphatic hydroxyl groups excluding tert-OH is 1. The first kappa shape index (κ1) is 11.7. The Kier molecular flexibility index (Phi) is 7.17. The smallest absolute Gasteiger partial charge is 0.0542 e. The lowest BCUT2D eigenvalue weighted by Crippen LogP contribution is -2.09.